The number of aryl methyl sites for hydroxylation is 2. The third-order valence-electron chi connectivity index (χ3n) is 4.27. The summed E-state index contributed by atoms with van der Waals surface area (Å²) in [4.78, 5) is 28.0. The summed E-state index contributed by atoms with van der Waals surface area (Å²) in [5, 5.41) is 0. The molecule has 0 amide bonds. The maximum atomic E-state index is 12.7. The predicted molar refractivity (Wildman–Crippen MR) is 103 cm³/mol. The van der Waals surface area contributed by atoms with Gasteiger partial charge in [0.05, 0.1) is 6.61 Å². The Morgan fingerprint density at radius 1 is 1.00 bits per heavy atom. The number of rotatable bonds is 4. The number of hydrogen-bond acceptors (Lipinski definition) is 3. The molecule has 0 unspecified atom stereocenters. The van der Waals surface area contributed by atoms with Gasteiger partial charge in [0.2, 0.25) is 0 Å². The molecule has 1 N–H and O–H groups in total. The molecule has 1 heterocycles. The number of aromatic nitrogens is 1. The molecule has 0 spiro atoms. The monoisotopic (exact) mass is 347 g/mol. The minimum Gasteiger partial charge on any atom is -0.462 e. The van der Waals surface area contributed by atoms with Crippen LogP contribution in [0.2, 0.25) is 0 Å². The Bertz CT molecular complexity index is 1000. The van der Waals surface area contributed by atoms with Crippen LogP contribution >= 0.6 is 0 Å². The first-order valence-corrected chi connectivity index (χ1v) is 8.58. The van der Waals surface area contributed by atoms with Crippen molar-refractivity contribution in [3.05, 3.63) is 81.6 Å². The van der Waals surface area contributed by atoms with Gasteiger partial charge in [-0.15, -0.1) is 0 Å². The SMILES string of the molecule is CCOC(=O)c1c(-c2ccccc2)cc(-c2ccc(C)cc2C)[nH]c1=O. The van der Waals surface area contributed by atoms with Crippen LogP contribution in [-0.2, 0) is 4.74 Å². The topological polar surface area (TPSA) is 59.2 Å². The number of esters is 1. The van der Waals surface area contributed by atoms with Crippen molar-refractivity contribution in [2.24, 2.45) is 0 Å². The first kappa shape index (κ1) is 17.7. The molecule has 0 aliphatic carbocycles. The number of benzene rings is 2. The molecule has 0 atom stereocenters. The van der Waals surface area contributed by atoms with E-state index in [-0.39, 0.29) is 12.2 Å². The molecule has 0 saturated heterocycles. The zero-order chi connectivity index (χ0) is 18.7. The Hall–Kier alpha value is -3.14. The fourth-order valence-electron chi connectivity index (χ4n) is 3.07. The zero-order valence-electron chi connectivity index (χ0n) is 15.1. The van der Waals surface area contributed by atoms with Crippen molar-refractivity contribution >= 4 is 5.97 Å². The van der Waals surface area contributed by atoms with Gasteiger partial charge in [-0.25, -0.2) is 4.79 Å². The summed E-state index contributed by atoms with van der Waals surface area (Å²) in [5.41, 5.74) is 4.78. The standard InChI is InChI=1S/C22H21NO3/c1-4-26-22(25)20-18(16-8-6-5-7-9-16)13-19(23-21(20)24)17-11-10-14(2)12-15(17)3/h5-13H,4H2,1-3H3,(H,23,24). The molecule has 0 aliphatic heterocycles. The van der Waals surface area contributed by atoms with E-state index in [9.17, 15) is 9.59 Å². The summed E-state index contributed by atoms with van der Waals surface area (Å²) in [6.45, 7) is 5.96. The van der Waals surface area contributed by atoms with E-state index in [1.54, 1.807) is 6.92 Å². The summed E-state index contributed by atoms with van der Waals surface area (Å²) in [5.74, 6) is -0.611. The molecule has 3 rings (SSSR count). The highest BCUT2D eigenvalue weighted by atomic mass is 16.5. The normalized spacial score (nSPS) is 10.6. The van der Waals surface area contributed by atoms with Crippen LogP contribution in [-0.4, -0.2) is 17.6 Å². The Morgan fingerprint density at radius 2 is 1.73 bits per heavy atom. The Labute approximate surface area is 152 Å². The van der Waals surface area contributed by atoms with Crippen LogP contribution in [0.15, 0.2) is 59.4 Å². The minimum absolute atomic E-state index is 0.0339. The van der Waals surface area contributed by atoms with Gasteiger partial charge in [-0.3, -0.25) is 4.79 Å². The lowest BCUT2D eigenvalue weighted by Crippen LogP contribution is -2.22. The van der Waals surface area contributed by atoms with E-state index in [1.165, 1.54) is 0 Å². The summed E-state index contributed by atoms with van der Waals surface area (Å²) >= 11 is 0. The maximum Gasteiger partial charge on any atom is 0.344 e. The lowest BCUT2D eigenvalue weighted by atomic mass is 9.96. The molecule has 3 aromatic rings. The molecule has 2 aromatic carbocycles. The fourth-order valence-corrected chi connectivity index (χ4v) is 3.07. The average molecular weight is 347 g/mol. The Balaban J connectivity index is 2.26. The van der Waals surface area contributed by atoms with E-state index in [0.717, 1.165) is 22.3 Å². The molecule has 26 heavy (non-hydrogen) atoms. The maximum absolute atomic E-state index is 12.7. The van der Waals surface area contributed by atoms with Gasteiger partial charge in [0, 0.05) is 16.8 Å². The molecular weight excluding hydrogens is 326 g/mol. The summed E-state index contributed by atoms with van der Waals surface area (Å²) in [6, 6.07) is 17.3. The lowest BCUT2D eigenvalue weighted by molar-refractivity contribution is 0.0525. The van der Waals surface area contributed by atoms with Gasteiger partial charge < -0.3 is 9.72 Å². The van der Waals surface area contributed by atoms with Gasteiger partial charge in [-0.05, 0) is 38.0 Å². The lowest BCUT2D eigenvalue weighted by Gasteiger charge is -2.13. The molecule has 132 valence electrons. The smallest absolute Gasteiger partial charge is 0.344 e. The molecule has 0 radical (unpaired) electrons. The van der Waals surface area contributed by atoms with Crippen LogP contribution in [0.4, 0.5) is 0 Å². The summed E-state index contributed by atoms with van der Waals surface area (Å²) in [7, 11) is 0. The number of H-pyrrole nitrogens is 1. The van der Waals surface area contributed by atoms with Crippen molar-refractivity contribution in [2.75, 3.05) is 6.61 Å². The number of nitrogens with one attached hydrogen (secondary N) is 1. The van der Waals surface area contributed by atoms with Crippen LogP contribution in [0.5, 0.6) is 0 Å². The van der Waals surface area contributed by atoms with E-state index < -0.39 is 11.5 Å². The summed E-state index contributed by atoms with van der Waals surface area (Å²) < 4.78 is 5.10. The van der Waals surface area contributed by atoms with Gasteiger partial charge >= 0.3 is 5.97 Å². The molecular formula is C22H21NO3. The van der Waals surface area contributed by atoms with Crippen molar-refractivity contribution in [3.63, 3.8) is 0 Å². The third-order valence-corrected chi connectivity index (χ3v) is 4.27. The highest BCUT2D eigenvalue weighted by Crippen LogP contribution is 2.28. The van der Waals surface area contributed by atoms with Gasteiger partial charge in [-0.1, -0.05) is 54.1 Å². The van der Waals surface area contributed by atoms with Crippen molar-refractivity contribution in [1.82, 2.24) is 4.98 Å². The fraction of sp³-hybridized carbons (Fsp3) is 0.182. The van der Waals surface area contributed by atoms with Gasteiger partial charge in [0.15, 0.2) is 0 Å². The highest BCUT2D eigenvalue weighted by molar-refractivity contribution is 5.97. The first-order valence-electron chi connectivity index (χ1n) is 8.58. The first-order chi connectivity index (χ1) is 12.5. The largest absolute Gasteiger partial charge is 0.462 e. The molecule has 0 aliphatic rings. The van der Waals surface area contributed by atoms with Crippen molar-refractivity contribution in [3.8, 4) is 22.4 Å². The van der Waals surface area contributed by atoms with E-state index in [4.69, 9.17) is 4.74 Å². The van der Waals surface area contributed by atoms with Crippen molar-refractivity contribution in [1.29, 1.82) is 0 Å². The summed E-state index contributed by atoms with van der Waals surface area (Å²) in [6.07, 6.45) is 0. The molecule has 4 heteroatoms. The van der Waals surface area contributed by atoms with Crippen LogP contribution in [0, 0.1) is 13.8 Å². The second-order valence-corrected chi connectivity index (χ2v) is 6.21. The van der Waals surface area contributed by atoms with E-state index >= 15 is 0 Å². The molecule has 4 nitrogen and oxygen atoms in total. The van der Waals surface area contributed by atoms with Gasteiger partial charge in [0.1, 0.15) is 5.56 Å². The van der Waals surface area contributed by atoms with Crippen LogP contribution in [0.25, 0.3) is 22.4 Å². The Morgan fingerprint density at radius 3 is 2.38 bits per heavy atom. The number of carbonyl (C=O) groups excluding carboxylic acids is 1. The number of carbonyl (C=O) groups is 1. The van der Waals surface area contributed by atoms with Crippen LogP contribution < -0.4 is 5.56 Å². The second kappa shape index (κ2) is 7.40. The van der Waals surface area contributed by atoms with E-state index in [1.807, 2.05) is 62.4 Å². The van der Waals surface area contributed by atoms with Crippen molar-refractivity contribution < 1.29 is 9.53 Å². The van der Waals surface area contributed by atoms with Crippen molar-refractivity contribution in [2.45, 2.75) is 20.8 Å². The highest BCUT2D eigenvalue weighted by Gasteiger charge is 2.20. The average Bonchev–Trinajstić information content (AvgIpc) is 2.62. The third kappa shape index (κ3) is 3.45. The Kier molecular flexibility index (Phi) is 5.03. The van der Waals surface area contributed by atoms with Gasteiger partial charge in [-0.2, -0.15) is 0 Å². The van der Waals surface area contributed by atoms with E-state index in [0.29, 0.717) is 11.3 Å². The van der Waals surface area contributed by atoms with E-state index in [2.05, 4.69) is 11.1 Å². The number of pyridine rings is 1. The van der Waals surface area contributed by atoms with Crippen LogP contribution in [0.3, 0.4) is 0 Å². The predicted octanol–water partition coefficient (Wildman–Crippen LogP) is 4.50. The molecule has 0 saturated carbocycles. The minimum atomic E-state index is -0.611. The molecule has 0 fully saturated rings. The molecule has 0 bridgehead atoms. The number of aromatic amines is 1. The number of ether oxygens (including phenoxy) is 1. The quantitative estimate of drug-likeness (QED) is 0.707. The van der Waals surface area contributed by atoms with Crippen LogP contribution in [0.1, 0.15) is 28.4 Å². The molecule has 1 aromatic heterocycles. The zero-order valence-corrected chi connectivity index (χ0v) is 15.1. The second-order valence-electron chi connectivity index (χ2n) is 6.21. The number of hydrogen-bond donors (Lipinski definition) is 1. The van der Waals surface area contributed by atoms with Gasteiger partial charge in [0.25, 0.3) is 5.56 Å².